The van der Waals surface area contributed by atoms with E-state index in [4.69, 9.17) is 17.3 Å². The number of hydrogen-bond donors (Lipinski definition) is 3. The number of amides is 1. The third-order valence-electron chi connectivity index (χ3n) is 2.17. The van der Waals surface area contributed by atoms with Gasteiger partial charge in [-0.3, -0.25) is 4.79 Å². The standard InChI is InChI=1S/C12H18ClN3O/c1-4-15-11-6-9(13)8(5-10(11)14)12(17)16-7(2)3/h5-7,15H,4,14H2,1-3H3,(H,16,17). The van der Waals surface area contributed by atoms with Crippen molar-refractivity contribution in [3.05, 3.63) is 22.7 Å². The van der Waals surface area contributed by atoms with Crippen molar-refractivity contribution in [2.75, 3.05) is 17.6 Å². The maximum Gasteiger partial charge on any atom is 0.253 e. The first-order chi connectivity index (χ1) is 7.95. The molecule has 0 saturated carbocycles. The summed E-state index contributed by atoms with van der Waals surface area (Å²) in [4.78, 5) is 11.8. The monoisotopic (exact) mass is 255 g/mol. The minimum absolute atomic E-state index is 0.0632. The van der Waals surface area contributed by atoms with Crippen LogP contribution >= 0.6 is 11.6 Å². The minimum Gasteiger partial charge on any atom is -0.397 e. The quantitative estimate of drug-likeness (QED) is 0.724. The van der Waals surface area contributed by atoms with E-state index in [2.05, 4.69) is 10.6 Å². The van der Waals surface area contributed by atoms with Gasteiger partial charge in [-0.05, 0) is 32.9 Å². The van der Waals surface area contributed by atoms with E-state index >= 15 is 0 Å². The first-order valence-electron chi connectivity index (χ1n) is 5.59. The lowest BCUT2D eigenvalue weighted by Crippen LogP contribution is -2.30. The van der Waals surface area contributed by atoms with Crippen molar-refractivity contribution in [2.45, 2.75) is 26.8 Å². The topological polar surface area (TPSA) is 67.2 Å². The summed E-state index contributed by atoms with van der Waals surface area (Å²) in [5.41, 5.74) is 7.51. The average Bonchev–Trinajstić information content (AvgIpc) is 2.22. The Bertz CT molecular complexity index is 418. The van der Waals surface area contributed by atoms with Crippen LogP contribution in [0.25, 0.3) is 0 Å². The number of benzene rings is 1. The summed E-state index contributed by atoms with van der Waals surface area (Å²) in [6.45, 7) is 6.50. The Hall–Kier alpha value is -1.42. The molecule has 0 bridgehead atoms. The van der Waals surface area contributed by atoms with Crippen LogP contribution < -0.4 is 16.4 Å². The minimum atomic E-state index is -0.209. The SMILES string of the molecule is CCNc1cc(Cl)c(C(=O)NC(C)C)cc1N. The van der Waals surface area contributed by atoms with Crippen LogP contribution in [0.5, 0.6) is 0 Å². The highest BCUT2D eigenvalue weighted by atomic mass is 35.5. The number of anilines is 2. The van der Waals surface area contributed by atoms with Gasteiger partial charge in [0.1, 0.15) is 0 Å². The van der Waals surface area contributed by atoms with Gasteiger partial charge in [0.2, 0.25) is 0 Å². The molecule has 0 aromatic heterocycles. The maximum absolute atomic E-state index is 11.8. The molecule has 0 radical (unpaired) electrons. The molecule has 0 aliphatic heterocycles. The molecular weight excluding hydrogens is 238 g/mol. The summed E-state index contributed by atoms with van der Waals surface area (Å²) < 4.78 is 0. The molecule has 0 aliphatic rings. The van der Waals surface area contributed by atoms with Crippen LogP contribution in [0.3, 0.4) is 0 Å². The number of carbonyl (C=O) groups is 1. The molecule has 4 N–H and O–H groups in total. The number of carbonyl (C=O) groups excluding carboxylic acids is 1. The highest BCUT2D eigenvalue weighted by Crippen LogP contribution is 2.27. The smallest absolute Gasteiger partial charge is 0.253 e. The third-order valence-corrected chi connectivity index (χ3v) is 2.48. The van der Waals surface area contributed by atoms with Crippen molar-refractivity contribution in [1.29, 1.82) is 0 Å². The molecular formula is C12H18ClN3O. The molecule has 94 valence electrons. The molecule has 4 nitrogen and oxygen atoms in total. The van der Waals surface area contributed by atoms with Crippen molar-refractivity contribution in [3.63, 3.8) is 0 Å². The number of nitrogens with two attached hydrogens (primary N) is 1. The number of rotatable bonds is 4. The molecule has 1 aromatic carbocycles. The molecule has 0 unspecified atom stereocenters. The van der Waals surface area contributed by atoms with Gasteiger partial charge >= 0.3 is 0 Å². The number of hydrogen-bond acceptors (Lipinski definition) is 3. The zero-order valence-electron chi connectivity index (χ0n) is 10.3. The van der Waals surface area contributed by atoms with Gasteiger partial charge in [-0.1, -0.05) is 11.6 Å². The van der Waals surface area contributed by atoms with Crippen molar-refractivity contribution in [3.8, 4) is 0 Å². The van der Waals surface area contributed by atoms with E-state index in [1.165, 1.54) is 0 Å². The predicted molar refractivity (Wildman–Crippen MR) is 72.6 cm³/mol. The summed E-state index contributed by atoms with van der Waals surface area (Å²) >= 11 is 6.06. The van der Waals surface area contributed by atoms with Gasteiger partial charge in [-0.25, -0.2) is 0 Å². The van der Waals surface area contributed by atoms with E-state index < -0.39 is 0 Å². The second kappa shape index (κ2) is 5.77. The second-order valence-corrected chi connectivity index (χ2v) is 4.48. The van der Waals surface area contributed by atoms with Crippen LogP contribution in [0.15, 0.2) is 12.1 Å². The van der Waals surface area contributed by atoms with Crippen LogP contribution in [0.2, 0.25) is 5.02 Å². The molecule has 1 aromatic rings. The summed E-state index contributed by atoms with van der Waals surface area (Å²) in [6.07, 6.45) is 0. The lowest BCUT2D eigenvalue weighted by Gasteiger charge is -2.13. The molecule has 1 rings (SSSR count). The fourth-order valence-corrected chi connectivity index (χ4v) is 1.70. The first kappa shape index (κ1) is 13.6. The second-order valence-electron chi connectivity index (χ2n) is 4.08. The van der Waals surface area contributed by atoms with Gasteiger partial charge in [0, 0.05) is 12.6 Å². The van der Waals surface area contributed by atoms with Crippen molar-refractivity contribution in [2.24, 2.45) is 0 Å². The molecule has 0 spiro atoms. The van der Waals surface area contributed by atoms with E-state index in [9.17, 15) is 4.79 Å². The zero-order chi connectivity index (χ0) is 13.0. The van der Waals surface area contributed by atoms with E-state index in [1.807, 2.05) is 20.8 Å². The van der Waals surface area contributed by atoms with Gasteiger partial charge in [0.15, 0.2) is 0 Å². The number of halogens is 1. The Morgan fingerprint density at radius 3 is 2.65 bits per heavy atom. The normalized spacial score (nSPS) is 10.4. The molecule has 0 atom stereocenters. The van der Waals surface area contributed by atoms with E-state index in [1.54, 1.807) is 12.1 Å². The molecule has 17 heavy (non-hydrogen) atoms. The van der Waals surface area contributed by atoms with E-state index in [-0.39, 0.29) is 11.9 Å². The Labute approximate surface area is 107 Å². The summed E-state index contributed by atoms with van der Waals surface area (Å²) in [7, 11) is 0. The lowest BCUT2D eigenvalue weighted by molar-refractivity contribution is 0.0943. The fourth-order valence-electron chi connectivity index (χ4n) is 1.45. The number of nitrogen functional groups attached to an aromatic ring is 1. The highest BCUT2D eigenvalue weighted by molar-refractivity contribution is 6.34. The third kappa shape index (κ3) is 3.53. The van der Waals surface area contributed by atoms with Gasteiger partial charge in [-0.2, -0.15) is 0 Å². The summed E-state index contributed by atoms with van der Waals surface area (Å²) in [5, 5.41) is 6.26. The Balaban J connectivity index is 3.02. The lowest BCUT2D eigenvalue weighted by atomic mass is 10.1. The van der Waals surface area contributed by atoms with E-state index in [0.29, 0.717) is 16.3 Å². The zero-order valence-corrected chi connectivity index (χ0v) is 11.1. The molecule has 1 amide bonds. The van der Waals surface area contributed by atoms with Crippen LogP contribution in [-0.2, 0) is 0 Å². The van der Waals surface area contributed by atoms with Crippen LogP contribution in [0.1, 0.15) is 31.1 Å². The molecule has 0 heterocycles. The maximum atomic E-state index is 11.8. The van der Waals surface area contributed by atoms with Crippen LogP contribution in [-0.4, -0.2) is 18.5 Å². The van der Waals surface area contributed by atoms with Gasteiger partial charge < -0.3 is 16.4 Å². The van der Waals surface area contributed by atoms with Crippen LogP contribution in [0.4, 0.5) is 11.4 Å². The Kier molecular flexibility index (Phi) is 4.63. The fraction of sp³-hybridized carbons (Fsp3) is 0.417. The predicted octanol–water partition coefficient (Wildman–Crippen LogP) is 2.49. The summed E-state index contributed by atoms with van der Waals surface area (Å²) in [5.74, 6) is -0.209. The first-order valence-corrected chi connectivity index (χ1v) is 5.97. The summed E-state index contributed by atoms with van der Waals surface area (Å²) in [6, 6.07) is 3.33. The molecule has 5 heteroatoms. The van der Waals surface area contributed by atoms with Gasteiger partial charge in [-0.15, -0.1) is 0 Å². The average molecular weight is 256 g/mol. The van der Waals surface area contributed by atoms with Crippen molar-refractivity contribution >= 4 is 28.9 Å². The van der Waals surface area contributed by atoms with Crippen LogP contribution in [0, 0.1) is 0 Å². The molecule has 0 aliphatic carbocycles. The molecule has 0 saturated heterocycles. The Morgan fingerprint density at radius 2 is 2.12 bits per heavy atom. The highest BCUT2D eigenvalue weighted by Gasteiger charge is 2.13. The van der Waals surface area contributed by atoms with Gasteiger partial charge in [0.25, 0.3) is 5.91 Å². The van der Waals surface area contributed by atoms with Crippen molar-refractivity contribution in [1.82, 2.24) is 5.32 Å². The largest absolute Gasteiger partial charge is 0.397 e. The van der Waals surface area contributed by atoms with Gasteiger partial charge in [0.05, 0.1) is 22.0 Å². The Morgan fingerprint density at radius 1 is 1.47 bits per heavy atom. The van der Waals surface area contributed by atoms with E-state index in [0.717, 1.165) is 12.2 Å². The van der Waals surface area contributed by atoms with Crippen molar-refractivity contribution < 1.29 is 4.79 Å². The number of nitrogens with one attached hydrogen (secondary N) is 2. The molecule has 0 fully saturated rings.